The number of hydrogen-bond donors (Lipinski definition) is 2. The van der Waals surface area contributed by atoms with E-state index in [0.717, 1.165) is 54.0 Å². The van der Waals surface area contributed by atoms with Crippen LogP contribution in [0.25, 0.3) is 10.9 Å². The Balaban J connectivity index is 1.91. The van der Waals surface area contributed by atoms with Gasteiger partial charge in [-0.05, 0) is 37.6 Å². The summed E-state index contributed by atoms with van der Waals surface area (Å²) in [6.45, 7) is 5.84. The van der Waals surface area contributed by atoms with Crippen molar-refractivity contribution in [3.05, 3.63) is 51.9 Å². The number of ether oxygens (including phenoxy) is 1. The van der Waals surface area contributed by atoms with Crippen molar-refractivity contribution in [2.45, 2.75) is 26.7 Å². The van der Waals surface area contributed by atoms with E-state index in [1.807, 2.05) is 24.3 Å². The van der Waals surface area contributed by atoms with Crippen LogP contribution in [-0.2, 0) is 11.8 Å². The first-order valence-corrected chi connectivity index (χ1v) is 11.4. The van der Waals surface area contributed by atoms with Crippen LogP contribution in [0.4, 0.5) is 17.2 Å². The van der Waals surface area contributed by atoms with Crippen LogP contribution in [0.2, 0.25) is 5.02 Å². The number of nitrogens with zero attached hydrogens (tertiary/aromatic N) is 3. The normalized spacial score (nSPS) is 10.8. The monoisotopic (exact) mass is 471 g/mol. The fraction of sp³-hybridized carbons (Fsp3) is 0.375. The molecule has 8 nitrogen and oxygen atoms in total. The summed E-state index contributed by atoms with van der Waals surface area (Å²) >= 11 is 6.43. The van der Waals surface area contributed by atoms with E-state index in [0.29, 0.717) is 5.02 Å². The number of benzene rings is 1. The van der Waals surface area contributed by atoms with Crippen LogP contribution in [0, 0.1) is 0 Å². The number of likely N-dealkylation sites (N-methyl/N-ethyl adjacent to an activating group) is 1. The maximum atomic E-state index is 12.6. The molecule has 1 amide bonds. The number of carbonyl (C=O) groups excluding carboxylic acids is 1. The average Bonchev–Trinajstić information content (AvgIpc) is 2.82. The van der Waals surface area contributed by atoms with Gasteiger partial charge in [0.1, 0.15) is 5.82 Å². The SMILES string of the molecule is CCCCN(CC)c1cc(Nc2ccc3c(c2)cc(OCC(=O)NC)c(=O)n3C)c(Cl)cn1. The summed E-state index contributed by atoms with van der Waals surface area (Å²) in [6.07, 6.45) is 3.86. The van der Waals surface area contributed by atoms with Crippen molar-refractivity contribution < 1.29 is 9.53 Å². The molecule has 9 heteroatoms. The number of pyridine rings is 2. The second kappa shape index (κ2) is 11.0. The van der Waals surface area contributed by atoms with Gasteiger partial charge in [-0.25, -0.2) is 4.98 Å². The Hall–Kier alpha value is -3.26. The Morgan fingerprint density at radius 3 is 2.73 bits per heavy atom. The van der Waals surface area contributed by atoms with E-state index in [1.54, 1.807) is 19.3 Å². The minimum absolute atomic E-state index is 0.115. The molecule has 2 N–H and O–H groups in total. The molecular formula is C24H30ClN5O3. The third-order valence-electron chi connectivity index (χ3n) is 5.44. The molecule has 1 aromatic carbocycles. The van der Waals surface area contributed by atoms with Gasteiger partial charge in [0, 0.05) is 44.3 Å². The molecule has 0 radical (unpaired) electrons. The maximum Gasteiger partial charge on any atom is 0.293 e. The molecule has 2 aromatic heterocycles. The summed E-state index contributed by atoms with van der Waals surface area (Å²) < 4.78 is 6.94. The number of amides is 1. The van der Waals surface area contributed by atoms with Crippen molar-refractivity contribution in [3.63, 3.8) is 0 Å². The Morgan fingerprint density at radius 1 is 1.24 bits per heavy atom. The van der Waals surface area contributed by atoms with Crippen molar-refractivity contribution in [2.24, 2.45) is 7.05 Å². The van der Waals surface area contributed by atoms with Crippen LogP contribution in [-0.4, -0.2) is 42.2 Å². The van der Waals surface area contributed by atoms with E-state index in [4.69, 9.17) is 16.3 Å². The Bertz CT molecular complexity index is 1190. The summed E-state index contributed by atoms with van der Waals surface area (Å²) in [4.78, 5) is 30.8. The lowest BCUT2D eigenvalue weighted by Gasteiger charge is -2.22. The molecule has 33 heavy (non-hydrogen) atoms. The van der Waals surface area contributed by atoms with Gasteiger partial charge < -0.3 is 24.8 Å². The Labute approximate surface area is 198 Å². The highest BCUT2D eigenvalue weighted by Crippen LogP contribution is 2.30. The van der Waals surface area contributed by atoms with Gasteiger partial charge >= 0.3 is 0 Å². The van der Waals surface area contributed by atoms with E-state index >= 15 is 0 Å². The van der Waals surface area contributed by atoms with Crippen molar-refractivity contribution in [2.75, 3.05) is 37.0 Å². The summed E-state index contributed by atoms with van der Waals surface area (Å²) in [5.41, 5.74) is 1.99. The van der Waals surface area contributed by atoms with E-state index in [1.165, 1.54) is 11.6 Å². The molecule has 0 bridgehead atoms. The number of anilines is 3. The summed E-state index contributed by atoms with van der Waals surface area (Å²) in [6, 6.07) is 9.25. The number of fused-ring (bicyclic) bond motifs is 1. The van der Waals surface area contributed by atoms with Crippen LogP contribution in [0.5, 0.6) is 5.75 Å². The highest BCUT2D eigenvalue weighted by Gasteiger charge is 2.12. The predicted molar refractivity (Wildman–Crippen MR) is 134 cm³/mol. The average molecular weight is 472 g/mol. The highest BCUT2D eigenvalue weighted by atomic mass is 35.5. The lowest BCUT2D eigenvalue weighted by Crippen LogP contribution is -2.27. The maximum absolute atomic E-state index is 12.6. The molecular weight excluding hydrogens is 442 g/mol. The van der Waals surface area contributed by atoms with Crippen molar-refractivity contribution in [1.29, 1.82) is 0 Å². The van der Waals surface area contributed by atoms with Crippen LogP contribution >= 0.6 is 11.6 Å². The molecule has 0 saturated heterocycles. The molecule has 3 aromatic rings. The van der Waals surface area contributed by atoms with Crippen LogP contribution in [0.1, 0.15) is 26.7 Å². The smallest absolute Gasteiger partial charge is 0.293 e. The third kappa shape index (κ3) is 5.76. The summed E-state index contributed by atoms with van der Waals surface area (Å²) in [5.74, 6) is 0.672. The van der Waals surface area contributed by atoms with E-state index in [9.17, 15) is 9.59 Å². The molecule has 0 unspecified atom stereocenters. The second-order valence-electron chi connectivity index (χ2n) is 7.69. The lowest BCUT2D eigenvalue weighted by molar-refractivity contribution is -0.122. The van der Waals surface area contributed by atoms with Crippen molar-refractivity contribution in [1.82, 2.24) is 14.9 Å². The van der Waals surface area contributed by atoms with Gasteiger partial charge in [-0.3, -0.25) is 9.59 Å². The third-order valence-corrected chi connectivity index (χ3v) is 5.74. The topological polar surface area (TPSA) is 88.5 Å². The molecule has 2 heterocycles. The molecule has 0 fully saturated rings. The van der Waals surface area contributed by atoms with Crippen LogP contribution < -0.4 is 25.8 Å². The number of hydrogen-bond acceptors (Lipinski definition) is 6. The quantitative estimate of drug-likeness (QED) is 0.463. The van der Waals surface area contributed by atoms with Crippen LogP contribution in [0.15, 0.2) is 41.3 Å². The first kappa shape index (κ1) is 24.4. The number of rotatable bonds is 10. The number of halogens is 1. The van der Waals surface area contributed by atoms with E-state index in [-0.39, 0.29) is 23.8 Å². The lowest BCUT2D eigenvalue weighted by atomic mass is 10.1. The number of aryl methyl sites for hydroxylation is 1. The Kier molecular flexibility index (Phi) is 8.16. The molecule has 0 aliphatic rings. The van der Waals surface area contributed by atoms with Crippen LogP contribution in [0.3, 0.4) is 0 Å². The van der Waals surface area contributed by atoms with Gasteiger partial charge in [0.15, 0.2) is 12.4 Å². The van der Waals surface area contributed by atoms with Gasteiger partial charge in [0.25, 0.3) is 11.5 Å². The van der Waals surface area contributed by atoms with Gasteiger partial charge in [0.05, 0.1) is 22.4 Å². The summed E-state index contributed by atoms with van der Waals surface area (Å²) in [7, 11) is 3.19. The zero-order chi connectivity index (χ0) is 24.0. The minimum atomic E-state index is -0.309. The first-order valence-electron chi connectivity index (χ1n) is 11.0. The van der Waals surface area contributed by atoms with E-state index in [2.05, 4.69) is 34.4 Å². The number of aromatic nitrogens is 2. The minimum Gasteiger partial charge on any atom is -0.478 e. The number of nitrogens with one attached hydrogen (secondary N) is 2. The largest absolute Gasteiger partial charge is 0.478 e. The second-order valence-corrected chi connectivity index (χ2v) is 8.10. The Morgan fingerprint density at radius 2 is 2.03 bits per heavy atom. The molecule has 176 valence electrons. The molecule has 0 atom stereocenters. The van der Waals surface area contributed by atoms with E-state index < -0.39 is 0 Å². The first-order chi connectivity index (χ1) is 15.9. The number of unbranched alkanes of at least 4 members (excludes halogenated alkanes) is 1. The van der Waals surface area contributed by atoms with Gasteiger partial charge in [0.2, 0.25) is 0 Å². The zero-order valence-corrected chi connectivity index (χ0v) is 20.2. The molecule has 0 spiro atoms. The van der Waals surface area contributed by atoms with Gasteiger partial charge in [-0.1, -0.05) is 24.9 Å². The van der Waals surface area contributed by atoms with Crippen molar-refractivity contribution in [3.8, 4) is 5.75 Å². The van der Waals surface area contributed by atoms with Gasteiger partial charge in [-0.15, -0.1) is 0 Å². The fourth-order valence-electron chi connectivity index (χ4n) is 3.49. The highest BCUT2D eigenvalue weighted by molar-refractivity contribution is 6.33. The van der Waals surface area contributed by atoms with Crippen molar-refractivity contribution >= 4 is 45.6 Å². The predicted octanol–water partition coefficient (Wildman–Crippen LogP) is 4.08. The molecule has 0 aliphatic carbocycles. The fourth-order valence-corrected chi connectivity index (χ4v) is 3.64. The standard InChI is InChI=1S/C24H30ClN5O3/c1-5-7-10-30(6-2)22-13-19(18(25)14-27-22)28-17-8-9-20-16(11-17)12-21(24(32)29(20)4)33-15-23(31)26-3/h8-9,11-14H,5-7,10,15H2,1-4H3,(H,26,31)(H,27,28). The molecule has 0 saturated carbocycles. The number of carbonyl (C=O) groups is 1. The zero-order valence-electron chi connectivity index (χ0n) is 19.4. The molecule has 3 rings (SSSR count). The molecule has 0 aliphatic heterocycles. The van der Waals surface area contributed by atoms with Gasteiger partial charge in [-0.2, -0.15) is 0 Å². The summed E-state index contributed by atoms with van der Waals surface area (Å²) in [5, 5.41) is 7.14.